The molecular formula is C16H17N3O3. The van der Waals surface area contributed by atoms with E-state index in [2.05, 4.69) is 10.4 Å². The quantitative estimate of drug-likeness (QED) is 0.758. The third kappa shape index (κ3) is 3.11. The van der Waals surface area contributed by atoms with Gasteiger partial charge in [0.05, 0.1) is 38.2 Å². The van der Waals surface area contributed by atoms with E-state index < -0.39 is 0 Å². The number of hydrogen-bond donors (Lipinski definition) is 1. The number of benzene rings is 1. The lowest BCUT2D eigenvalue weighted by Gasteiger charge is -2.05. The van der Waals surface area contributed by atoms with Gasteiger partial charge in [-0.25, -0.2) is 0 Å². The number of carbonyl (C=O) groups excluding carboxylic acids is 1. The summed E-state index contributed by atoms with van der Waals surface area (Å²) in [6.45, 7) is 0.933. The van der Waals surface area contributed by atoms with Crippen molar-refractivity contribution in [3.05, 3.63) is 48.6 Å². The summed E-state index contributed by atoms with van der Waals surface area (Å²) in [5.41, 5.74) is 0.986. The summed E-state index contributed by atoms with van der Waals surface area (Å²) in [6, 6.07) is 9.38. The topological polar surface area (TPSA) is 69.3 Å². The first-order valence-electron chi connectivity index (χ1n) is 7.05. The molecule has 1 amide bonds. The number of ether oxygens (including phenoxy) is 1. The fourth-order valence-corrected chi connectivity index (χ4v) is 2.27. The Bertz CT molecular complexity index is 762. The van der Waals surface area contributed by atoms with Gasteiger partial charge in [0.25, 0.3) is 0 Å². The van der Waals surface area contributed by atoms with Gasteiger partial charge in [-0.1, -0.05) is 0 Å². The second-order valence-corrected chi connectivity index (χ2v) is 4.90. The average molecular weight is 299 g/mol. The van der Waals surface area contributed by atoms with Crippen LogP contribution in [0.3, 0.4) is 0 Å². The van der Waals surface area contributed by atoms with Crippen LogP contribution in [0.5, 0.6) is 5.75 Å². The van der Waals surface area contributed by atoms with Crippen LogP contribution < -0.4 is 10.1 Å². The van der Waals surface area contributed by atoms with Crippen molar-refractivity contribution in [2.45, 2.75) is 19.5 Å². The Morgan fingerprint density at radius 2 is 2.32 bits per heavy atom. The van der Waals surface area contributed by atoms with Gasteiger partial charge in [0, 0.05) is 11.8 Å². The molecule has 1 aromatic carbocycles. The Kier molecular flexibility index (Phi) is 4.09. The second-order valence-electron chi connectivity index (χ2n) is 4.90. The zero-order chi connectivity index (χ0) is 15.4. The van der Waals surface area contributed by atoms with Crippen LogP contribution in [0.15, 0.2) is 47.2 Å². The number of nitrogens with zero attached hydrogens (tertiary/aromatic N) is 2. The number of methoxy groups -OCH3 is 1. The maximum absolute atomic E-state index is 11.9. The van der Waals surface area contributed by atoms with Crippen LogP contribution in [0.2, 0.25) is 0 Å². The number of aryl methyl sites for hydroxylation is 1. The molecule has 6 heteroatoms. The Labute approximate surface area is 127 Å². The fourth-order valence-electron chi connectivity index (χ4n) is 2.27. The molecule has 0 fully saturated rings. The minimum atomic E-state index is -0.0337. The van der Waals surface area contributed by atoms with Gasteiger partial charge in [0.1, 0.15) is 11.5 Å². The number of nitrogens with one attached hydrogen (secondary N) is 1. The standard InChI is InChI=1S/C16H17N3O3/c1-21-13-4-5-15-12(9-13)10-18-19(15)7-6-16(20)17-11-14-3-2-8-22-14/h2-5,8-10H,6-7,11H2,1H3,(H,17,20). The molecule has 2 heterocycles. The van der Waals surface area contributed by atoms with E-state index in [1.54, 1.807) is 25.6 Å². The first-order chi connectivity index (χ1) is 10.8. The Hall–Kier alpha value is -2.76. The van der Waals surface area contributed by atoms with E-state index in [-0.39, 0.29) is 5.91 Å². The van der Waals surface area contributed by atoms with Crippen molar-refractivity contribution in [2.75, 3.05) is 7.11 Å². The average Bonchev–Trinajstić information content (AvgIpc) is 3.19. The van der Waals surface area contributed by atoms with E-state index in [1.807, 2.05) is 28.9 Å². The van der Waals surface area contributed by atoms with Gasteiger partial charge >= 0.3 is 0 Å². The summed E-state index contributed by atoms with van der Waals surface area (Å²) < 4.78 is 12.2. The van der Waals surface area contributed by atoms with Crippen molar-refractivity contribution in [1.82, 2.24) is 15.1 Å². The summed E-state index contributed by atoms with van der Waals surface area (Å²) in [4.78, 5) is 11.9. The largest absolute Gasteiger partial charge is 0.497 e. The van der Waals surface area contributed by atoms with E-state index >= 15 is 0 Å². The maximum Gasteiger partial charge on any atom is 0.222 e. The Balaban J connectivity index is 1.58. The van der Waals surface area contributed by atoms with Crippen LogP contribution in [-0.4, -0.2) is 22.8 Å². The predicted octanol–water partition coefficient (Wildman–Crippen LogP) is 2.34. The molecule has 0 radical (unpaired) electrons. The van der Waals surface area contributed by atoms with Crippen molar-refractivity contribution in [3.63, 3.8) is 0 Å². The summed E-state index contributed by atoms with van der Waals surface area (Å²) in [5, 5.41) is 8.13. The number of hydrogen-bond acceptors (Lipinski definition) is 4. The highest BCUT2D eigenvalue weighted by Crippen LogP contribution is 2.20. The Morgan fingerprint density at radius 1 is 1.41 bits per heavy atom. The molecule has 0 aliphatic rings. The normalized spacial score (nSPS) is 10.8. The monoisotopic (exact) mass is 299 g/mol. The van der Waals surface area contributed by atoms with Gasteiger partial charge in [-0.05, 0) is 30.3 Å². The fraction of sp³-hybridized carbons (Fsp3) is 0.250. The van der Waals surface area contributed by atoms with Gasteiger partial charge in [-0.15, -0.1) is 0 Å². The van der Waals surface area contributed by atoms with Gasteiger partial charge in [0.15, 0.2) is 0 Å². The third-order valence-electron chi connectivity index (χ3n) is 3.44. The molecular weight excluding hydrogens is 282 g/mol. The van der Waals surface area contributed by atoms with Crippen LogP contribution in [0.25, 0.3) is 10.9 Å². The SMILES string of the molecule is COc1ccc2c(cnn2CCC(=O)NCc2ccco2)c1. The van der Waals surface area contributed by atoms with E-state index in [4.69, 9.17) is 9.15 Å². The number of aromatic nitrogens is 2. The highest BCUT2D eigenvalue weighted by Gasteiger charge is 2.07. The molecule has 0 bridgehead atoms. The lowest BCUT2D eigenvalue weighted by Crippen LogP contribution is -2.23. The number of carbonyl (C=O) groups is 1. The van der Waals surface area contributed by atoms with Crippen LogP contribution in [-0.2, 0) is 17.9 Å². The predicted molar refractivity (Wildman–Crippen MR) is 81.5 cm³/mol. The number of fused-ring (bicyclic) bond motifs is 1. The molecule has 3 rings (SSSR count). The summed E-state index contributed by atoms with van der Waals surface area (Å²) in [7, 11) is 1.63. The molecule has 0 aliphatic carbocycles. The molecule has 1 N–H and O–H groups in total. The van der Waals surface area contributed by atoms with Crippen LogP contribution in [0.1, 0.15) is 12.2 Å². The molecule has 0 saturated carbocycles. The summed E-state index contributed by atoms with van der Waals surface area (Å²) >= 11 is 0. The molecule has 114 valence electrons. The van der Waals surface area contributed by atoms with Gasteiger partial charge in [-0.3, -0.25) is 9.48 Å². The Morgan fingerprint density at radius 3 is 3.09 bits per heavy atom. The van der Waals surface area contributed by atoms with E-state index in [0.717, 1.165) is 22.4 Å². The van der Waals surface area contributed by atoms with Gasteiger partial charge < -0.3 is 14.5 Å². The minimum absolute atomic E-state index is 0.0337. The van der Waals surface area contributed by atoms with Crippen LogP contribution in [0, 0.1) is 0 Å². The molecule has 22 heavy (non-hydrogen) atoms. The highest BCUT2D eigenvalue weighted by molar-refractivity contribution is 5.80. The van der Waals surface area contributed by atoms with Crippen molar-refractivity contribution >= 4 is 16.8 Å². The molecule has 3 aromatic rings. The molecule has 6 nitrogen and oxygen atoms in total. The molecule has 0 aliphatic heterocycles. The number of furan rings is 1. The highest BCUT2D eigenvalue weighted by atomic mass is 16.5. The van der Waals surface area contributed by atoms with Crippen LogP contribution in [0.4, 0.5) is 0 Å². The molecule has 0 unspecified atom stereocenters. The van der Waals surface area contributed by atoms with Crippen LogP contribution >= 0.6 is 0 Å². The van der Waals surface area contributed by atoms with Gasteiger partial charge in [0.2, 0.25) is 5.91 Å². The van der Waals surface area contributed by atoms with Crippen molar-refractivity contribution in [1.29, 1.82) is 0 Å². The van der Waals surface area contributed by atoms with E-state index in [0.29, 0.717) is 19.5 Å². The van der Waals surface area contributed by atoms with Gasteiger partial charge in [-0.2, -0.15) is 5.10 Å². The zero-order valence-electron chi connectivity index (χ0n) is 12.3. The molecule has 0 saturated heterocycles. The van der Waals surface area contributed by atoms with Crippen molar-refractivity contribution < 1.29 is 13.9 Å². The lowest BCUT2D eigenvalue weighted by atomic mass is 10.2. The first-order valence-corrected chi connectivity index (χ1v) is 7.05. The molecule has 2 aromatic heterocycles. The molecule has 0 spiro atoms. The third-order valence-corrected chi connectivity index (χ3v) is 3.44. The second kappa shape index (κ2) is 6.34. The van der Waals surface area contributed by atoms with Crippen molar-refractivity contribution in [3.8, 4) is 5.75 Å². The minimum Gasteiger partial charge on any atom is -0.497 e. The summed E-state index contributed by atoms with van der Waals surface area (Å²) in [6.07, 6.45) is 3.73. The number of rotatable bonds is 6. The van der Waals surface area contributed by atoms with E-state index in [9.17, 15) is 4.79 Å². The van der Waals surface area contributed by atoms with E-state index in [1.165, 1.54) is 0 Å². The molecule has 0 atom stereocenters. The number of amides is 1. The van der Waals surface area contributed by atoms with Crippen molar-refractivity contribution in [2.24, 2.45) is 0 Å². The summed E-state index contributed by atoms with van der Waals surface area (Å²) in [5.74, 6) is 1.50. The zero-order valence-corrected chi connectivity index (χ0v) is 12.3. The lowest BCUT2D eigenvalue weighted by molar-refractivity contribution is -0.121. The smallest absolute Gasteiger partial charge is 0.222 e. The first kappa shape index (κ1) is 14.2. The maximum atomic E-state index is 11.9.